The van der Waals surface area contributed by atoms with Gasteiger partial charge < -0.3 is 9.80 Å². The summed E-state index contributed by atoms with van der Waals surface area (Å²) in [6, 6.07) is 57.4. The normalized spacial score (nSPS) is 11.7. The van der Waals surface area contributed by atoms with Crippen molar-refractivity contribution in [2.45, 2.75) is 6.92 Å². The summed E-state index contributed by atoms with van der Waals surface area (Å²) in [4.78, 5) is 4.52. The van der Waals surface area contributed by atoms with E-state index < -0.39 is 0 Å². The summed E-state index contributed by atoms with van der Waals surface area (Å²) in [5, 5.41) is 0. The molecule has 2 heteroatoms. The first kappa shape index (κ1) is 32.6. The number of hydrogen-bond donors (Lipinski definition) is 0. The lowest BCUT2D eigenvalue weighted by Gasteiger charge is -2.26. The predicted molar refractivity (Wildman–Crippen MR) is 214 cm³/mol. The molecule has 0 aliphatic rings. The molecule has 6 aromatic rings. The van der Waals surface area contributed by atoms with Crippen LogP contribution in [0.1, 0.15) is 29.2 Å². The lowest BCUT2D eigenvalue weighted by molar-refractivity contribution is 1.20. The molecule has 0 radical (unpaired) electrons. The van der Waals surface area contributed by atoms with Crippen molar-refractivity contribution < 1.29 is 0 Å². The third-order valence-electron chi connectivity index (χ3n) is 8.18. The monoisotopic (exact) mass is 632 g/mol. The zero-order valence-electron chi connectivity index (χ0n) is 27.8. The summed E-state index contributed by atoms with van der Waals surface area (Å²) in [6.07, 6.45) is 16.6. The summed E-state index contributed by atoms with van der Waals surface area (Å²) < 4.78 is 0. The highest BCUT2D eigenvalue weighted by atomic mass is 15.1. The molecule has 0 unspecified atom stereocenters. The first-order valence-electron chi connectivity index (χ1n) is 16.6. The van der Waals surface area contributed by atoms with Crippen LogP contribution in [0.3, 0.4) is 0 Å². The van der Waals surface area contributed by atoms with E-state index in [1.807, 2.05) is 24.3 Å². The Bertz CT molecular complexity index is 2000. The first-order valence-corrected chi connectivity index (χ1v) is 16.6. The maximum absolute atomic E-state index is 3.83. The van der Waals surface area contributed by atoms with E-state index in [0.29, 0.717) is 0 Å². The average molecular weight is 633 g/mol. The molecule has 6 aromatic carbocycles. The molecular formula is C47H40N2. The fraction of sp³-hybridized carbons (Fsp3) is 0.0213. The van der Waals surface area contributed by atoms with Crippen molar-refractivity contribution in [2.75, 3.05) is 9.80 Å². The van der Waals surface area contributed by atoms with Crippen molar-refractivity contribution in [3.63, 3.8) is 0 Å². The third kappa shape index (κ3) is 8.51. The Labute approximate surface area is 291 Å². The molecule has 0 atom stereocenters. The minimum atomic E-state index is 1.08. The van der Waals surface area contributed by atoms with E-state index in [4.69, 9.17) is 0 Å². The number of benzene rings is 6. The second kappa shape index (κ2) is 16.4. The largest absolute Gasteiger partial charge is 0.311 e. The SMILES string of the molecule is C=C/C=C\C(=C/C)N(c1ccccc1)c1ccc(/C=C/c2ccc(/C=C/c3ccc(N(c4ccccc4)c4ccccc4)cc3)cc2)cc1. The zero-order valence-corrected chi connectivity index (χ0v) is 27.8. The summed E-state index contributed by atoms with van der Waals surface area (Å²) in [7, 11) is 0. The molecule has 0 amide bonds. The van der Waals surface area contributed by atoms with Crippen molar-refractivity contribution in [2.24, 2.45) is 0 Å². The quantitative estimate of drug-likeness (QED) is 0.0978. The molecule has 6 rings (SSSR count). The van der Waals surface area contributed by atoms with Gasteiger partial charge in [-0.15, -0.1) is 0 Å². The van der Waals surface area contributed by atoms with Crippen molar-refractivity contribution >= 4 is 52.7 Å². The topological polar surface area (TPSA) is 6.48 Å². The van der Waals surface area contributed by atoms with Crippen LogP contribution < -0.4 is 9.80 Å². The first-order chi connectivity index (χ1) is 24.2. The van der Waals surface area contributed by atoms with Crippen molar-refractivity contribution in [3.05, 3.63) is 223 Å². The van der Waals surface area contributed by atoms with E-state index in [-0.39, 0.29) is 0 Å². The third-order valence-corrected chi connectivity index (χ3v) is 8.18. The zero-order chi connectivity index (χ0) is 33.7. The molecule has 0 bridgehead atoms. The fourth-order valence-corrected chi connectivity index (χ4v) is 5.66. The van der Waals surface area contributed by atoms with Gasteiger partial charge in [-0.05, 0) is 95.9 Å². The van der Waals surface area contributed by atoms with Crippen LogP contribution in [0, 0.1) is 0 Å². The van der Waals surface area contributed by atoms with Gasteiger partial charge in [0.1, 0.15) is 0 Å². The summed E-state index contributed by atoms with van der Waals surface area (Å²) >= 11 is 0. The number of allylic oxidation sites excluding steroid dienone is 4. The van der Waals surface area contributed by atoms with Crippen LogP contribution in [0.5, 0.6) is 0 Å². The minimum Gasteiger partial charge on any atom is -0.311 e. The Hall–Kier alpha value is -6.38. The lowest BCUT2D eigenvalue weighted by atomic mass is 10.1. The van der Waals surface area contributed by atoms with Crippen LogP contribution in [0.2, 0.25) is 0 Å². The maximum atomic E-state index is 3.83. The molecule has 0 aromatic heterocycles. The van der Waals surface area contributed by atoms with Gasteiger partial charge in [-0.2, -0.15) is 0 Å². The fourth-order valence-electron chi connectivity index (χ4n) is 5.66. The van der Waals surface area contributed by atoms with Crippen LogP contribution in [0.25, 0.3) is 24.3 Å². The highest BCUT2D eigenvalue weighted by molar-refractivity contribution is 5.79. The molecule has 0 saturated carbocycles. The van der Waals surface area contributed by atoms with Crippen LogP contribution in [-0.4, -0.2) is 0 Å². The second-order valence-electron chi connectivity index (χ2n) is 11.5. The number of anilines is 5. The smallest absolute Gasteiger partial charge is 0.0462 e. The molecule has 0 fully saturated rings. The van der Waals surface area contributed by atoms with Crippen molar-refractivity contribution in [1.82, 2.24) is 0 Å². The molecule has 0 saturated heterocycles. The van der Waals surface area contributed by atoms with Gasteiger partial charge in [0.15, 0.2) is 0 Å². The van der Waals surface area contributed by atoms with Gasteiger partial charge in [-0.25, -0.2) is 0 Å². The molecule has 0 N–H and O–H groups in total. The van der Waals surface area contributed by atoms with Crippen molar-refractivity contribution in [3.8, 4) is 0 Å². The molecule has 0 aliphatic carbocycles. The number of para-hydroxylation sites is 3. The van der Waals surface area contributed by atoms with Gasteiger partial charge in [0.25, 0.3) is 0 Å². The summed E-state index contributed by atoms with van der Waals surface area (Å²) in [5.41, 5.74) is 11.3. The van der Waals surface area contributed by atoms with Gasteiger partial charge in [0.2, 0.25) is 0 Å². The van der Waals surface area contributed by atoms with Gasteiger partial charge in [-0.3, -0.25) is 0 Å². The number of nitrogens with zero attached hydrogens (tertiary/aromatic N) is 2. The molecule has 0 aliphatic heterocycles. The van der Waals surface area contributed by atoms with E-state index in [1.165, 1.54) is 0 Å². The predicted octanol–water partition coefficient (Wildman–Crippen LogP) is 13.3. The van der Waals surface area contributed by atoms with Crippen molar-refractivity contribution in [1.29, 1.82) is 0 Å². The molecular weight excluding hydrogens is 593 g/mol. The second-order valence-corrected chi connectivity index (χ2v) is 11.5. The van der Waals surface area contributed by atoms with Crippen LogP contribution in [-0.2, 0) is 0 Å². The van der Waals surface area contributed by atoms with E-state index in [1.54, 1.807) is 6.08 Å². The van der Waals surface area contributed by atoms with Crippen LogP contribution >= 0.6 is 0 Å². The van der Waals surface area contributed by atoms with E-state index in [0.717, 1.165) is 56.4 Å². The number of rotatable bonds is 12. The number of hydrogen-bond acceptors (Lipinski definition) is 2. The van der Waals surface area contributed by atoms with Gasteiger partial charge in [0.05, 0.1) is 0 Å². The Morgan fingerprint density at radius 3 is 1.14 bits per heavy atom. The van der Waals surface area contributed by atoms with Crippen LogP contribution in [0.4, 0.5) is 28.4 Å². The average Bonchev–Trinajstić information content (AvgIpc) is 3.17. The molecule has 2 nitrogen and oxygen atoms in total. The molecule has 0 heterocycles. The minimum absolute atomic E-state index is 1.08. The Kier molecular flexibility index (Phi) is 10.9. The van der Waals surface area contributed by atoms with E-state index in [2.05, 4.69) is 205 Å². The lowest BCUT2D eigenvalue weighted by Crippen LogP contribution is -2.14. The van der Waals surface area contributed by atoms with Gasteiger partial charge >= 0.3 is 0 Å². The molecule has 0 spiro atoms. The Morgan fingerprint density at radius 2 is 0.755 bits per heavy atom. The van der Waals surface area contributed by atoms with Gasteiger partial charge in [0, 0.05) is 34.1 Å². The summed E-state index contributed by atoms with van der Waals surface area (Å²) in [5.74, 6) is 0. The molecule has 238 valence electrons. The van der Waals surface area contributed by atoms with Gasteiger partial charge in [-0.1, -0.05) is 152 Å². The highest BCUT2D eigenvalue weighted by Crippen LogP contribution is 2.34. The Morgan fingerprint density at radius 1 is 0.429 bits per heavy atom. The van der Waals surface area contributed by atoms with E-state index in [9.17, 15) is 0 Å². The standard InChI is InChI=1S/C47H40N2/c1-3-5-15-42(4-2)48(43-16-9-6-10-17-43)46-34-30-40(31-35-46)28-26-38-22-24-39(25-23-38)27-29-41-32-36-47(37-33-41)49(44-18-11-7-12-19-44)45-20-13-8-14-21-45/h3-37H,1H2,2H3/b15-5-,28-26+,29-27+,42-4+. The van der Waals surface area contributed by atoms with E-state index >= 15 is 0 Å². The Balaban J connectivity index is 1.12. The molecule has 49 heavy (non-hydrogen) atoms. The van der Waals surface area contributed by atoms with Crippen LogP contribution in [0.15, 0.2) is 200 Å². The highest BCUT2D eigenvalue weighted by Gasteiger charge is 2.13. The maximum Gasteiger partial charge on any atom is 0.0462 e. The summed E-state index contributed by atoms with van der Waals surface area (Å²) in [6.45, 7) is 5.89.